The SMILES string of the molecule is CCC.CCCC.CCCc1ccccc1.NC=O. The summed E-state index contributed by atoms with van der Waals surface area (Å²) < 4.78 is 0. The van der Waals surface area contributed by atoms with E-state index in [-0.39, 0.29) is 6.41 Å². The predicted octanol–water partition coefficient (Wildman–Crippen LogP) is 4.96. The third-order valence-electron chi connectivity index (χ3n) is 1.88. The summed E-state index contributed by atoms with van der Waals surface area (Å²) in [4.78, 5) is 8.58. The van der Waals surface area contributed by atoms with Crippen LogP contribution in [0.4, 0.5) is 0 Å². The topological polar surface area (TPSA) is 43.1 Å². The van der Waals surface area contributed by atoms with E-state index in [9.17, 15) is 0 Å². The molecule has 0 aliphatic carbocycles. The lowest BCUT2D eigenvalue weighted by Crippen LogP contribution is -1.82. The zero-order valence-electron chi connectivity index (χ0n) is 13.5. The van der Waals surface area contributed by atoms with E-state index in [1.807, 2.05) is 0 Å². The predicted molar refractivity (Wildman–Crippen MR) is 87.2 cm³/mol. The minimum absolute atomic E-state index is 0.250. The number of nitrogens with two attached hydrogens (primary N) is 1. The van der Waals surface area contributed by atoms with Crippen LogP contribution in [0.15, 0.2) is 30.3 Å². The fourth-order valence-electron chi connectivity index (χ4n) is 0.933. The van der Waals surface area contributed by atoms with Crippen molar-refractivity contribution in [3.8, 4) is 0 Å². The van der Waals surface area contributed by atoms with Crippen molar-refractivity contribution in [1.82, 2.24) is 0 Å². The van der Waals surface area contributed by atoms with Crippen molar-refractivity contribution in [3.05, 3.63) is 35.9 Å². The number of hydrogen-bond donors (Lipinski definition) is 1. The molecular formula is C17H33NO. The van der Waals surface area contributed by atoms with Gasteiger partial charge >= 0.3 is 0 Å². The lowest BCUT2D eigenvalue weighted by Gasteiger charge is -1.93. The summed E-state index contributed by atoms with van der Waals surface area (Å²) in [5.74, 6) is 0. The highest BCUT2D eigenvalue weighted by molar-refractivity contribution is 5.42. The van der Waals surface area contributed by atoms with E-state index >= 15 is 0 Å². The summed E-state index contributed by atoms with van der Waals surface area (Å²) in [6, 6.07) is 10.6. The van der Waals surface area contributed by atoms with Gasteiger partial charge in [-0.05, 0) is 12.0 Å². The third-order valence-corrected chi connectivity index (χ3v) is 1.88. The first-order valence-corrected chi connectivity index (χ1v) is 7.37. The quantitative estimate of drug-likeness (QED) is 0.772. The smallest absolute Gasteiger partial charge is 0.204 e. The highest BCUT2D eigenvalue weighted by Gasteiger charge is 1.84. The number of hydrogen-bond acceptors (Lipinski definition) is 1. The van der Waals surface area contributed by atoms with Crippen LogP contribution in [-0.4, -0.2) is 6.41 Å². The molecule has 0 atom stereocenters. The third kappa shape index (κ3) is 31.5. The van der Waals surface area contributed by atoms with Crippen LogP contribution in [0.25, 0.3) is 0 Å². The highest BCUT2D eigenvalue weighted by atomic mass is 16.1. The zero-order valence-corrected chi connectivity index (χ0v) is 13.5. The summed E-state index contributed by atoms with van der Waals surface area (Å²) >= 11 is 0. The Morgan fingerprint density at radius 2 is 1.26 bits per heavy atom. The second-order valence-corrected chi connectivity index (χ2v) is 4.08. The van der Waals surface area contributed by atoms with Crippen molar-refractivity contribution in [1.29, 1.82) is 0 Å². The molecule has 1 rings (SSSR count). The van der Waals surface area contributed by atoms with Crippen LogP contribution in [0.2, 0.25) is 0 Å². The number of benzene rings is 1. The van der Waals surface area contributed by atoms with Crippen LogP contribution in [0.5, 0.6) is 0 Å². The molecule has 0 fully saturated rings. The van der Waals surface area contributed by atoms with E-state index < -0.39 is 0 Å². The largest absolute Gasteiger partial charge is 0.372 e. The van der Waals surface area contributed by atoms with Crippen molar-refractivity contribution in [2.75, 3.05) is 0 Å². The van der Waals surface area contributed by atoms with Gasteiger partial charge in [-0.2, -0.15) is 0 Å². The summed E-state index contributed by atoms with van der Waals surface area (Å²) in [6.45, 7) is 10.8. The van der Waals surface area contributed by atoms with E-state index in [1.165, 1.54) is 37.7 Å². The minimum Gasteiger partial charge on any atom is -0.372 e. The summed E-state index contributed by atoms with van der Waals surface area (Å²) in [6.07, 6.45) is 6.59. The van der Waals surface area contributed by atoms with Gasteiger partial charge in [0.15, 0.2) is 0 Å². The van der Waals surface area contributed by atoms with Crippen molar-refractivity contribution >= 4 is 6.41 Å². The second kappa shape index (κ2) is 25.5. The van der Waals surface area contributed by atoms with Crippen molar-refractivity contribution < 1.29 is 4.79 Å². The standard InChI is InChI=1S/C9H12.C4H10.C3H8.CH3NO/c1-2-6-9-7-4-3-5-8-9;1-3-4-2;1-3-2;2-1-3/h3-5,7-8H,2,6H2,1H3;3-4H2,1-2H3;3H2,1-2H3;1H,(H2,2,3). The Labute approximate surface area is 120 Å². The molecule has 2 nitrogen and oxygen atoms in total. The van der Waals surface area contributed by atoms with Crippen LogP contribution in [0.1, 0.15) is 65.9 Å². The maximum Gasteiger partial charge on any atom is 0.204 e. The van der Waals surface area contributed by atoms with Crippen molar-refractivity contribution in [2.24, 2.45) is 5.73 Å². The molecular weight excluding hydrogens is 234 g/mol. The molecule has 2 N–H and O–H groups in total. The number of carbonyl (C=O) groups is 1. The fraction of sp³-hybridized carbons (Fsp3) is 0.588. The molecule has 0 aliphatic rings. The number of aryl methyl sites for hydroxylation is 1. The Morgan fingerprint density at radius 3 is 1.53 bits per heavy atom. The molecule has 112 valence electrons. The van der Waals surface area contributed by atoms with Gasteiger partial charge in [-0.25, -0.2) is 0 Å². The van der Waals surface area contributed by atoms with Gasteiger partial charge in [0.25, 0.3) is 0 Å². The Balaban J connectivity index is -0.000000216. The van der Waals surface area contributed by atoms with Crippen LogP contribution >= 0.6 is 0 Å². The van der Waals surface area contributed by atoms with E-state index in [4.69, 9.17) is 4.79 Å². The minimum atomic E-state index is 0.250. The Bertz CT molecular complexity index is 232. The number of amides is 1. The molecule has 0 unspecified atom stereocenters. The van der Waals surface area contributed by atoms with Crippen LogP contribution in [-0.2, 0) is 11.2 Å². The van der Waals surface area contributed by atoms with E-state index in [2.05, 4.69) is 70.7 Å². The van der Waals surface area contributed by atoms with E-state index in [0.717, 1.165) is 0 Å². The maximum absolute atomic E-state index is 8.58. The van der Waals surface area contributed by atoms with Gasteiger partial charge < -0.3 is 5.73 Å². The van der Waals surface area contributed by atoms with E-state index in [1.54, 1.807) is 0 Å². The van der Waals surface area contributed by atoms with Crippen molar-refractivity contribution in [3.63, 3.8) is 0 Å². The highest BCUT2D eigenvalue weighted by Crippen LogP contribution is 2.00. The average Bonchev–Trinajstić information content (AvgIpc) is 2.42. The molecule has 2 heteroatoms. The molecule has 1 amide bonds. The first kappa shape index (κ1) is 22.8. The molecule has 0 spiro atoms. The van der Waals surface area contributed by atoms with Crippen molar-refractivity contribution in [2.45, 2.75) is 66.7 Å². The monoisotopic (exact) mass is 267 g/mol. The summed E-state index contributed by atoms with van der Waals surface area (Å²) in [7, 11) is 0. The van der Waals surface area contributed by atoms with Crippen LogP contribution < -0.4 is 5.73 Å². The number of carbonyl (C=O) groups excluding carboxylic acids is 1. The van der Waals surface area contributed by atoms with Gasteiger partial charge in [0.2, 0.25) is 6.41 Å². The molecule has 0 saturated heterocycles. The van der Waals surface area contributed by atoms with Gasteiger partial charge in [0.05, 0.1) is 0 Å². The summed E-state index contributed by atoms with van der Waals surface area (Å²) in [5.41, 5.74) is 5.61. The van der Waals surface area contributed by atoms with Crippen LogP contribution in [0, 0.1) is 0 Å². The van der Waals surface area contributed by atoms with Gasteiger partial charge in [-0.15, -0.1) is 0 Å². The molecule has 19 heavy (non-hydrogen) atoms. The first-order valence-electron chi connectivity index (χ1n) is 7.37. The molecule has 0 radical (unpaired) electrons. The first-order chi connectivity index (χ1) is 9.17. The number of unbranched alkanes of at least 4 members (excludes halogenated alkanes) is 1. The summed E-state index contributed by atoms with van der Waals surface area (Å²) in [5, 5.41) is 0. The number of primary amides is 1. The van der Waals surface area contributed by atoms with Crippen LogP contribution in [0.3, 0.4) is 0 Å². The fourth-order valence-corrected chi connectivity index (χ4v) is 0.933. The maximum atomic E-state index is 8.58. The Kier molecular flexibility index (Phi) is 30.7. The molecule has 1 aromatic rings. The zero-order chi connectivity index (χ0) is 15.4. The molecule has 0 aliphatic heterocycles. The second-order valence-electron chi connectivity index (χ2n) is 4.08. The van der Waals surface area contributed by atoms with Gasteiger partial charge in [0.1, 0.15) is 0 Å². The van der Waals surface area contributed by atoms with Gasteiger partial charge in [-0.3, -0.25) is 4.79 Å². The molecule has 0 saturated carbocycles. The van der Waals surface area contributed by atoms with E-state index in [0.29, 0.717) is 0 Å². The molecule has 1 aromatic carbocycles. The Morgan fingerprint density at radius 1 is 0.895 bits per heavy atom. The average molecular weight is 267 g/mol. The normalized spacial score (nSPS) is 7.63. The lowest BCUT2D eigenvalue weighted by molar-refractivity contribution is -0.106. The molecule has 0 aromatic heterocycles. The lowest BCUT2D eigenvalue weighted by atomic mass is 10.1. The molecule has 0 heterocycles. The molecule has 0 bridgehead atoms. The number of rotatable bonds is 3. The van der Waals surface area contributed by atoms with Gasteiger partial charge in [0, 0.05) is 0 Å². The Hall–Kier alpha value is -1.31. The van der Waals surface area contributed by atoms with Gasteiger partial charge in [-0.1, -0.05) is 90.6 Å².